The van der Waals surface area contributed by atoms with Crippen LogP contribution in [0.5, 0.6) is 0 Å². The molecule has 7 heteroatoms. The van der Waals surface area contributed by atoms with E-state index in [0.717, 1.165) is 5.56 Å². The summed E-state index contributed by atoms with van der Waals surface area (Å²) in [5, 5.41) is 4.44. The van der Waals surface area contributed by atoms with Crippen LogP contribution < -0.4 is 0 Å². The Bertz CT molecular complexity index is 687. The van der Waals surface area contributed by atoms with Gasteiger partial charge in [-0.25, -0.2) is 0 Å². The molecule has 0 radical (unpaired) electrons. The van der Waals surface area contributed by atoms with Crippen molar-refractivity contribution in [2.45, 2.75) is 32.3 Å². The Morgan fingerprint density at radius 3 is 2.88 bits per heavy atom. The Kier molecular flexibility index (Phi) is 5.48. The van der Waals surface area contributed by atoms with Gasteiger partial charge >= 0.3 is 0 Å². The number of aryl methyl sites for hydroxylation is 2. The maximum atomic E-state index is 12.4. The van der Waals surface area contributed by atoms with Gasteiger partial charge in [-0.05, 0) is 31.0 Å². The first kappa shape index (κ1) is 16.9. The van der Waals surface area contributed by atoms with Crippen LogP contribution in [0.4, 0.5) is 0 Å². The molecule has 6 nitrogen and oxygen atoms in total. The molecule has 1 aromatic carbocycles. The summed E-state index contributed by atoms with van der Waals surface area (Å²) in [6.45, 7) is 3.52. The molecule has 0 aliphatic carbocycles. The Morgan fingerprint density at radius 2 is 2.17 bits per heavy atom. The van der Waals surface area contributed by atoms with Crippen LogP contribution in [-0.2, 0) is 16.0 Å². The molecular formula is C17H20ClN3O3. The Labute approximate surface area is 145 Å². The third-order valence-electron chi connectivity index (χ3n) is 4.01. The topological polar surface area (TPSA) is 68.5 Å². The van der Waals surface area contributed by atoms with Gasteiger partial charge in [0.2, 0.25) is 11.8 Å². The first-order valence-corrected chi connectivity index (χ1v) is 8.43. The predicted molar refractivity (Wildman–Crippen MR) is 88.7 cm³/mol. The molecule has 2 aromatic rings. The molecule has 2 heterocycles. The minimum Gasteiger partial charge on any atom is -0.370 e. The van der Waals surface area contributed by atoms with Gasteiger partial charge in [-0.15, -0.1) is 0 Å². The van der Waals surface area contributed by atoms with Crippen molar-refractivity contribution in [1.29, 1.82) is 0 Å². The van der Waals surface area contributed by atoms with E-state index in [2.05, 4.69) is 10.1 Å². The van der Waals surface area contributed by atoms with Crippen molar-refractivity contribution in [3.05, 3.63) is 46.6 Å². The maximum Gasteiger partial charge on any atom is 0.226 e. The van der Waals surface area contributed by atoms with Crippen LogP contribution in [-0.4, -0.2) is 40.6 Å². The molecule has 0 N–H and O–H groups in total. The van der Waals surface area contributed by atoms with Gasteiger partial charge in [0.15, 0.2) is 5.82 Å². The van der Waals surface area contributed by atoms with Gasteiger partial charge in [0, 0.05) is 24.4 Å². The summed E-state index contributed by atoms with van der Waals surface area (Å²) in [5.74, 6) is 1.34. The highest BCUT2D eigenvalue weighted by atomic mass is 35.5. The molecular weight excluding hydrogens is 330 g/mol. The zero-order valence-corrected chi connectivity index (χ0v) is 14.3. The summed E-state index contributed by atoms with van der Waals surface area (Å²) in [7, 11) is 0. The van der Waals surface area contributed by atoms with E-state index in [9.17, 15) is 4.79 Å². The maximum absolute atomic E-state index is 12.4. The average Bonchev–Trinajstić information content (AvgIpc) is 3.01. The monoisotopic (exact) mass is 349 g/mol. The number of morpholine rings is 1. The smallest absolute Gasteiger partial charge is 0.226 e. The van der Waals surface area contributed by atoms with Gasteiger partial charge in [0.05, 0.1) is 13.2 Å². The molecule has 0 saturated carbocycles. The van der Waals surface area contributed by atoms with E-state index in [0.29, 0.717) is 55.7 Å². The summed E-state index contributed by atoms with van der Waals surface area (Å²) < 4.78 is 10.8. The van der Waals surface area contributed by atoms with Crippen molar-refractivity contribution in [2.24, 2.45) is 0 Å². The first-order valence-electron chi connectivity index (χ1n) is 8.06. The number of hydrogen-bond acceptors (Lipinski definition) is 5. The van der Waals surface area contributed by atoms with E-state index in [-0.39, 0.29) is 12.0 Å². The minimum absolute atomic E-state index is 0.0986. The predicted octanol–water partition coefficient (Wildman–Crippen LogP) is 2.95. The van der Waals surface area contributed by atoms with Crippen molar-refractivity contribution in [3.63, 3.8) is 0 Å². The van der Waals surface area contributed by atoms with Crippen LogP contribution >= 0.6 is 11.6 Å². The fourth-order valence-electron chi connectivity index (χ4n) is 2.75. The summed E-state index contributed by atoms with van der Waals surface area (Å²) in [5.41, 5.74) is 1.04. The number of hydrogen-bond donors (Lipinski definition) is 0. The molecule has 1 aliphatic heterocycles. The van der Waals surface area contributed by atoms with Crippen molar-refractivity contribution >= 4 is 17.5 Å². The third-order valence-corrected chi connectivity index (χ3v) is 4.26. The van der Waals surface area contributed by atoms with Crippen molar-refractivity contribution in [3.8, 4) is 0 Å². The van der Waals surface area contributed by atoms with Gasteiger partial charge in [0.1, 0.15) is 6.10 Å². The quantitative estimate of drug-likeness (QED) is 0.830. The lowest BCUT2D eigenvalue weighted by atomic mass is 10.1. The van der Waals surface area contributed by atoms with E-state index in [1.54, 1.807) is 6.92 Å². The second kappa shape index (κ2) is 7.77. The molecule has 24 heavy (non-hydrogen) atoms. The van der Waals surface area contributed by atoms with Gasteiger partial charge in [-0.3, -0.25) is 4.79 Å². The summed E-state index contributed by atoms with van der Waals surface area (Å²) in [6, 6.07) is 7.57. The third kappa shape index (κ3) is 4.33. The van der Waals surface area contributed by atoms with Crippen molar-refractivity contribution in [1.82, 2.24) is 15.0 Å². The highest BCUT2D eigenvalue weighted by Gasteiger charge is 2.25. The molecule has 128 valence electrons. The Hall–Kier alpha value is -1.92. The first-order chi connectivity index (χ1) is 11.6. The van der Waals surface area contributed by atoms with Crippen LogP contribution in [0, 0.1) is 6.92 Å². The SMILES string of the molecule is Cc1noc(CCCC(=O)N2CCO[C@H](c3ccc(Cl)cc3)C2)n1. The lowest BCUT2D eigenvalue weighted by Crippen LogP contribution is -2.42. The summed E-state index contributed by atoms with van der Waals surface area (Å²) in [6.07, 6.45) is 1.69. The van der Waals surface area contributed by atoms with E-state index in [4.69, 9.17) is 20.9 Å². The van der Waals surface area contributed by atoms with Crippen LogP contribution in [0.1, 0.15) is 36.2 Å². The lowest BCUT2D eigenvalue weighted by molar-refractivity contribution is -0.139. The Morgan fingerprint density at radius 1 is 1.38 bits per heavy atom. The fourth-order valence-corrected chi connectivity index (χ4v) is 2.87. The average molecular weight is 350 g/mol. The zero-order valence-electron chi connectivity index (χ0n) is 13.6. The highest BCUT2D eigenvalue weighted by molar-refractivity contribution is 6.30. The number of ether oxygens (including phenoxy) is 1. The molecule has 0 bridgehead atoms. The standard InChI is InChI=1S/C17H20ClN3O3/c1-12-19-16(24-20-12)3-2-4-17(22)21-9-10-23-15(11-21)13-5-7-14(18)8-6-13/h5-8,15H,2-4,9-11H2,1H3/t15-/m0/s1. The van der Waals surface area contributed by atoms with Gasteiger partial charge in [-0.2, -0.15) is 4.98 Å². The number of rotatable bonds is 5. The van der Waals surface area contributed by atoms with Crippen molar-refractivity contribution < 1.29 is 14.1 Å². The normalized spacial score (nSPS) is 17.9. The molecule has 0 unspecified atom stereocenters. The van der Waals surface area contributed by atoms with Crippen LogP contribution in [0.2, 0.25) is 5.02 Å². The van der Waals surface area contributed by atoms with Crippen molar-refractivity contribution in [2.75, 3.05) is 19.7 Å². The van der Waals surface area contributed by atoms with Crippen LogP contribution in [0.3, 0.4) is 0 Å². The van der Waals surface area contributed by atoms with Gasteiger partial charge in [-0.1, -0.05) is 28.9 Å². The second-order valence-electron chi connectivity index (χ2n) is 5.84. The number of carbonyl (C=O) groups excluding carboxylic acids is 1. The lowest BCUT2D eigenvalue weighted by Gasteiger charge is -2.33. The molecule has 1 aromatic heterocycles. The van der Waals surface area contributed by atoms with E-state index < -0.39 is 0 Å². The number of carbonyl (C=O) groups is 1. The van der Waals surface area contributed by atoms with E-state index in [1.807, 2.05) is 29.2 Å². The molecule has 3 rings (SSSR count). The molecule has 1 fully saturated rings. The largest absolute Gasteiger partial charge is 0.370 e. The molecule has 1 saturated heterocycles. The van der Waals surface area contributed by atoms with Gasteiger partial charge in [0.25, 0.3) is 0 Å². The minimum atomic E-state index is -0.0986. The van der Waals surface area contributed by atoms with E-state index in [1.165, 1.54) is 0 Å². The number of nitrogens with zero attached hydrogens (tertiary/aromatic N) is 3. The van der Waals surface area contributed by atoms with Crippen LogP contribution in [0.25, 0.3) is 0 Å². The Balaban J connectivity index is 1.50. The molecule has 1 amide bonds. The number of amides is 1. The molecule has 1 aliphatic rings. The summed E-state index contributed by atoms with van der Waals surface area (Å²) >= 11 is 5.92. The highest BCUT2D eigenvalue weighted by Crippen LogP contribution is 2.24. The van der Waals surface area contributed by atoms with Crippen LogP contribution in [0.15, 0.2) is 28.8 Å². The van der Waals surface area contributed by atoms with Gasteiger partial charge < -0.3 is 14.2 Å². The van der Waals surface area contributed by atoms with E-state index >= 15 is 0 Å². The fraction of sp³-hybridized carbons (Fsp3) is 0.471. The molecule has 0 spiro atoms. The number of halogens is 1. The summed E-state index contributed by atoms with van der Waals surface area (Å²) in [4.78, 5) is 18.4. The zero-order chi connectivity index (χ0) is 16.9. The molecule has 1 atom stereocenters. The second-order valence-corrected chi connectivity index (χ2v) is 6.28. The number of aromatic nitrogens is 2. The number of benzene rings is 1.